The molecule has 1 spiro atoms. The summed E-state index contributed by atoms with van der Waals surface area (Å²) in [5.74, 6) is 1.03. The summed E-state index contributed by atoms with van der Waals surface area (Å²) in [7, 11) is -4.54. The molecule has 0 atom stereocenters. The summed E-state index contributed by atoms with van der Waals surface area (Å²) in [6, 6.07) is 17.2. The molecule has 0 aromatic heterocycles. The van der Waals surface area contributed by atoms with Gasteiger partial charge in [0, 0.05) is 27.7 Å². The monoisotopic (exact) mass is 550 g/mol. The summed E-state index contributed by atoms with van der Waals surface area (Å²) in [4.78, 5) is 11.4. The van der Waals surface area contributed by atoms with E-state index in [9.17, 15) is 9.46 Å². The number of aryl methyl sites for hydroxylation is 8. The minimum atomic E-state index is -4.54. The molecule has 2 aliphatic carbocycles. The molecule has 1 N–H and O–H groups in total. The number of hydrogen-bond donors (Lipinski definition) is 1. The van der Waals surface area contributed by atoms with Crippen molar-refractivity contribution in [3.63, 3.8) is 0 Å². The Balaban J connectivity index is 1.56. The summed E-state index contributed by atoms with van der Waals surface area (Å²) in [6.45, 7) is 12.6. The first-order valence-electron chi connectivity index (χ1n) is 14.2. The first-order chi connectivity index (χ1) is 19.0. The minimum absolute atomic E-state index is 0.319. The number of phosphoric acid groups is 1. The Hall–Kier alpha value is -3.33. The van der Waals surface area contributed by atoms with Crippen LogP contribution in [-0.2, 0) is 22.8 Å². The molecule has 4 aromatic rings. The molecule has 7 rings (SSSR count). The highest BCUT2D eigenvalue weighted by Crippen LogP contribution is 2.65. The van der Waals surface area contributed by atoms with E-state index in [0.29, 0.717) is 11.5 Å². The molecule has 5 heteroatoms. The third kappa shape index (κ3) is 3.59. The second-order valence-corrected chi connectivity index (χ2v) is 13.5. The van der Waals surface area contributed by atoms with E-state index in [4.69, 9.17) is 9.05 Å². The quantitative estimate of drug-likeness (QED) is 0.253. The lowest BCUT2D eigenvalue weighted by molar-refractivity contribution is 0.281. The van der Waals surface area contributed by atoms with Gasteiger partial charge < -0.3 is 9.05 Å². The Bertz CT molecular complexity index is 1640. The van der Waals surface area contributed by atoms with Gasteiger partial charge in [0.1, 0.15) is 11.5 Å². The Kier molecular flexibility index (Phi) is 5.50. The van der Waals surface area contributed by atoms with Crippen molar-refractivity contribution in [1.82, 2.24) is 0 Å². The van der Waals surface area contributed by atoms with Gasteiger partial charge in [0.05, 0.1) is 0 Å². The molecule has 0 fully saturated rings. The van der Waals surface area contributed by atoms with Gasteiger partial charge in [-0.2, -0.15) is 0 Å². The normalized spacial score (nSPS) is 17.4. The molecule has 204 valence electrons. The Morgan fingerprint density at radius 3 is 1.40 bits per heavy atom. The van der Waals surface area contributed by atoms with Gasteiger partial charge in [0.15, 0.2) is 0 Å². The fourth-order valence-corrected chi connectivity index (χ4v) is 9.08. The van der Waals surface area contributed by atoms with E-state index >= 15 is 0 Å². The zero-order valence-corrected chi connectivity index (χ0v) is 25.0. The van der Waals surface area contributed by atoms with Crippen molar-refractivity contribution in [2.24, 2.45) is 0 Å². The van der Waals surface area contributed by atoms with Crippen molar-refractivity contribution < 1.29 is 18.5 Å². The largest absolute Gasteiger partial charge is 0.584 e. The summed E-state index contributed by atoms with van der Waals surface area (Å²) in [5.41, 5.74) is 15.0. The molecule has 0 unspecified atom stereocenters. The molecule has 0 radical (unpaired) electrons. The maximum atomic E-state index is 13.9. The van der Waals surface area contributed by atoms with Gasteiger partial charge in [-0.25, -0.2) is 4.57 Å². The molecule has 40 heavy (non-hydrogen) atoms. The summed E-state index contributed by atoms with van der Waals surface area (Å²) >= 11 is 0. The van der Waals surface area contributed by atoms with Gasteiger partial charge in [-0.3, -0.25) is 4.89 Å². The Morgan fingerprint density at radius 1 is 0.650 bits per heavy atom. The maximum Gasteiger partial charge on any atom is 0.584 e. The zero-order chi connectivity index (χ0) is 28.1. The van der Waals surface area contributed by atoms with Crippen LogP contribution in [0.5, 0.6) is 11.5 Å². The van der Waals surface area contributed by atoms with Crippen molar-refractivity contribution in [3.05, 3.63) is 104 Å². The van der Waals surface area contributed by atoms with Crippen LogP contribution in [0.4, 0.5) is 0 Å². The minimum Gasteiger partial charge on any atom is -0.394 e. The van der Waals surface area contributed by atoms with Gasteiger partial charge in [-0.05, 0) is 112 Å². The van der Waals surface area contributed by atoms with Crippen molar-refractivity contribution >= 4 is 7.82 Å². The summed E-state index contributed by atoms with van der Waals surface area (Å²) in [5, 5.41) is 0. The average Bonchev–Trinajstić information content (AvgIpc) is 3.41. The molecule has 4 aromatic carbocycles. The van der Waals surface area contributed by atoms with E-state index < -0.39 is 7.82 Å². The first-order valence-corrected chi connectivity index (χ1v) is 15.7. The molecular weight excluding hydrogens is 515 g/mol. The lowest BCUT2D eigenvalue weighted by Gasteiger charge is -2.35. The van der Waals surface area contributed by atoms with Crippen LogP contribution < -0.4 is 9.05 Å². The molecule has 0 bridgehead atoms. The third-order valence-corrected chi connectivity index (χ3v) is 10.2. The predicted molar refractivity (Wildman–Crippen MR) is 161 cm³/mol. The molecule has 0 saturated heterocycles. The second kappa shape index (κ2) is 8.59. The van der Waals surface area contributed by atoms with E-state index in [-0.39, 0.29) is 5.41 Å². The lowest BCUT2D eigenvalue weighted by Crippen LogP contribution is -2.25. The van der Waals surface area contributed by atoms with Crippen LogP contribution >= 0.6 is 7.82 Å². The predicted octanol–water partition coefficient (Wildman–Crippen LogP) is 8.92. The fourth-order valence-electron chi connectivity index (χ4n) is 8.20. The van der Waals surface area contributed by atoms with Gasteiger partial charge in [0.2, 0.25) is 0 Å². The molecule has 4 nitrogen and oxygen atoms in total. The lowest BCUT2D eigenvalue weighted by atomic mass is 9.74. The maximum absolute atomic E-state index is 13.9. The fraction of sp³-hybridized carbons (Fsp3) is 0.314. The topological polar surface area (TPSA) is 55.8 Å². The second-order valence-electron chi connectivity index (χ2n) is 12.2. The molecule has 1 aliphatic heterocycles. The summed E-state index contributed by atoms with van der Waals surface area (Å²) < 4.78 is 26.3. The van der Waals surface area contributed by atoms with Crippen molar-refractivity contribution in [2.45, 2.75) is 72.6 Å². The molecule has 1 heterocycles. The third-order valence-electron chi connectivity index (χ3n) is 9.39. The van der Waals surface area contributed by atoms with Crippen LogP contribution in [0, 0.1) is 41.5 Å². The standard InChI is InChI=1S/C35H35O4P/c1-19-15-21(3)29(22(4)16-19)27-9-7-25-11-13-35-14-12-26-8-10-28(30-23(5)17-20(2)18-24(30)6)34(32(26)35)39-40(36,37)38-33(27)31(25)35/h7-10,15-18H,11-14H2,1-6H3,(H,36,37). The van der Waals surface area contributed by atoms with Crippen LogP contribution in [0.15, 0.2) is 48.5 Å². The van der Waals surface area contributed by atoms with Crippen LogP contribution in [-0.4, -0.2) is 4.89 Å². The van der Waals surface area contributed by atoms with E-state index in [1.807, 2.05) is 0 Å². The van der Waals surface area contributed by atoms with E-state index in [2.05, 4.69) is 90.1 Å². The van der Waals surface area contributed by atoms with E-state index in [0.717, 1.165) is 81.3 Å². The highest BCUT2D eigenvalue weighted by molar-refractivity contribution is 7.48. The van der Waals surface area contributed by atoms with Crippen molar-refractivity contribution in [2.75, 3.05) is 0 Å². The van der Waals surface area contributed by atoms with Crippen LogP contribution in [0.25, 0.3) is 22.3 Å². The SMILES string of the molecule is Cc1cc(C)c(-c2ccc3c4c2OP(=O)(O)Oc2c(-c5c(C)cc(C)cc5C)ccc5c2C4(CC3)CC5)c(C)c1. The van der Waals surface area contributed by atoms with Gasteiger partial charge in [-0.1, -0.05) is 59.7 Å². The van der Waals surface area contributed by atoms with E-state index in [1.54, 1.807) is 0 Å². The van der Waals surface area contributed by atoms with Gasteiger partial charge >= 0.3 is 7.82 Å². The number of benzene rings is 4. The first kappa shape index (κ1) is 25.6. The van der Waals surface area contributed by atoms with Crippen molar-refractivity contribution in [1.29, 1.82) is 0 Å². The number of hydrogen-bond acceptors (Lipinski definition) is 3. The molecular formula is C35H35O4P. The molecule has 0 amide bonds. The number of phosphoric ester groups is 1. The Morgan fingerprint density at radius 2 is 1.02 bits per heavy atom. The van der Waals surface area contributed by atoms with Gasteiger partial charge in [0.25, 0.3) is 0 Å². The van der Waals surface area contributed by atoms with Crippen LogP contribution in [0.3, 0.4) is 0 Å². The average molecular weight is 551 g/mol. The van der Waals surface area contributed by atoms with Crippen molar-refractivity contribution in [3.8, 4) is 33.8 Å². The smallest absolute Gasteiger partial charge is 0.394 e. The van der Waals surface area contributed by atoms with E-state index in [1.165, 1.54) is 22.3 Å². The van der Waals surface area contributed by atoms with Crippen LogP contribution in [0.1, 0.15) is 68.5 Å². The van der Waals surface area contributed by atoms with Gasteiger partial charge in [-0.15, -0.1) is 0 Å². The summed E-state index contributed by atoms with van der Waals surface area (Å²) in [6.07, 6.45) is 3.67. The molecule has 3 aliphatic rings. The zero-order valence-electron chi connectivity index (χ0n) is 24.1. The Labute approximate surface area is 236 Å². The van der Waals surface area contributed by atoms with Crippen LogP contribution in [0.2, 0.25) is 0 Å². The highest BCUT2D eigenvalue weighted by Gasteiger charge is 2.52. The molecule has 0 saturated carbocycles. The number of rotatable bonds is 2. The highest BCUT2D eigenvalue weighted by atomic mass is 31.2.